The zero-order valence-corrected chi connectivity index (χ0v) is 23.7. The number of rotatable bonds is 10. The van der Waals surface area contributed by atoms with Crippen LogP contribution in [-0.4, -0.2) is 63.2 Å². The maximum absolute atomic E-state index is 14.2. The predicted molar refractivity (Wildman–Crippen MR) is 142 cm³/mol. The first-order valence-corrected chi connectivity index (χ1v) is 16.8. The van der Waals surface area contributed by atoms with Gasteiger partial charge in [-0.25, -0.2) is 9.18 Å². The standard InChI is InChI=1S/C27H45FN2O4Si/c1-27(2,3)34-26(31)29(4)21-9-11-22(12-10-21)30(23-13-14-23)24-15-8-20(28)18-25(24)33-19-32-16-17-35(5,6)7/h8,15,18,21-23H,9-14,16-17,19H2,1-7H3/t21-,22-. The maximum atomic E-state index is 14.2. The molecule has 0 heterocycles. The van der Waals surface area contributed by atoms with Crippen LogP contribution in [0, 0.1) is 5.82 Å². The van der Waals surface area contributed by atoms with Crippen LogP contribution in [0.5, 0.6) is 5.75 Å². The van der Waals surface area contributed by atoms with Gasteiger partial charge in [0.05, 0.1) is 5.69 Å². The highest BCUT2D eigenvalue weighted by molar-refractivity contribution is 6.76. The van der Waals surface area contributed by atoms with E-state index in [0.717, 1.165) is 50.3 Å². The van der Waals surface area contributed by atoms with Crippen LogP contribution in [0.25, 0.3) is 0 Å². The summed E-state index contributed by atoms with van der Waals surface area (Å²) < 4.78 is 31.4. The van der Waals surface area contributed by atoms with Crippen LogP contribution in [0.15, 0.2) is 18.2 Å². The highest BCUT2D eigenvalue weighted by atomic mass is 28.3. The molecule has 8 heteroatoms. The van der Waals surface area contributed by atoms with Gasteiger partial charge >= 0.3 is 6.09 Å². The van der Waals surface area contributed by atoms with Crippen LogP contribution in [0.4, 0.5) is 14.9 Å². The molecule has 2 fully saturated rings. The van der Waals surface area contributed by atoms with Crippen LogP contribution in [0.2, 0.25) is 25.7 Å². The first-order chi connectivity index (χ1) is 16.3. The van der Waals surface area contributed by atoms with Crippen molar-refractivity contribution in [1.29, 1.82) is 0 Å². The molecule has 0 bridgehead atoms. The third-order valence-corrected chi connectivity index (χ3v) is 8.43. The van der Waals surface area contributed by atoms with E-state index < -0.39 is 13.7 Å². The fourth-order valence-electron chi connectivity index (χ4n) is 4.61. The topological polar surface area (TPSA) is 51.2 Å². The summed E-state index contributed by atoms with van der Waals surface area (Å²) >= 11 is 0. The molecule has 1 aromatic carbocycles. The second-order valence-electron chi connectivity index (χ2n) is 12.3. The lowest BCUT2D eigenvalue weighted by atomic mass is 9.89. The van der Waals surface area contributed by atoms with Crippen LogP contribution in [0.3, 0.4) is 0 Å². The molecule has 0 unspecified atom stereocenters. The minimum atomic E-state index is -1.17. The van der Waals surface area contributed by atoms with Crippen molar-refractivity contribution in [2.75, 3.05) is 25.3 Å². The lowest BCUT2D eigenvalue weighted by Crippen LogP contribution is -2.46. The molecule has 0 saturated heterocycles. The molecule has 2 aliphatic rings. The largest absolute Gasteiger partial charge is 0.465 e. The minimum absolute atomic E-state index is 0.132. The molecule has 0 spiro atoms. The van der Waals surface area contributed by atoms with E-state index in [-0.39, 0.29) is 24.7 Å². The summed E-state index contributed by atoms with van der Waals surface area (Å²) in [4.78, 5) is 16.7. The highest BCUT2D eigenvalue weighted by Gasteiger charge is 2.38. The molecule has 0 atom stereocenters. The van der Waals surface area contributed by atoms with Crippen LogP contribution in [0.1, 0.15) is 59.3 Å². The third-order valence-electron chi connectivity index (χ3n) is 6.72. The van der Waals surface area contributed by atoms with Crippen molar-refractivity contribution in [3.63, 3.8) is 0 Å². The lowest BCUT2D eigenvalue weighted by Gasteiger charge is -2.41. The summed E-state index contributed by atoms with van der Waals surface area (Å²) in [7, 11) is 0.671. The van der Waals surface area contributed by atoms with E-state index in [0.29, 0.717) is 24.4 Å². The Morgan fingerprint density at radius 2 is 1.60 bits per heavy atom. The zero-order chi connectivity index (χ0) is 25.8. The number of benzene rings is 1. The van der Waals surface area contributed by atoms with Crippen LogP contribution >= 0.6 is 0 Å². The Morgan fingerprint density at radius 3 is 2.14 bits per heavy atom. The second-order valence-corrected chi connectivity index (χ2v) is 17.9. The van der Waals surface area contributed by atoms with Crippen molar-refractivity contribution in [3.8, 4) is 5.75 Å². The molecule has 1 amide bonds. The summed E-state index contributed by atoms with van der Waals surface area (Å²) in [6, 6.07) is 6.89. The Balaban J connectivity index is 1.63. The molecule has 0 radical (unpaired) electrons. The molecule has 3 rings (SSSR count). The molecule has 6 nitrogen and oxygen atoms in total. The van der Waals surface area contributed by atoms with E-state index in [1.807, 2.05) is 33.9 Å². The van der Waals surface area contributed by atoms with Gasteiger partial charge in [0.2, 0.25) is 0 Å². The predicted octanol–water partition coefficient (Wildman–Crippen LogP) is 6.66. The lowest BCUT2D eigenvalue weighted by molar-refractivity contribution is 0.0182. The van der Waals surface area contributed by atoms with Gasteiger partial charge in [0.15, 0.2) is 6.79 Å². The molecule has 35 heavy (non-hydrogen) atoms. The SMILES string of the molecule is CN(C(=O)OC(C)(C)C)[C@H]1CC[C@H](N(c2ccc(F)cc2OCOCC[Si](C)(C)C)C2CC2)CC1. The number of ether oxygens (including phenoxy) is 3. The Labute approximate surface area is 212 Å². The molecule has 0 N–H and O–H groups in total. The number of amides is 1. The number of carbonyl (C=O) groups is 1. The van der Waals surface area contributed by atoms with Gasteiger partial charge in [0, 0.05) is 45.9 Å². The summed E-state index contributed by atoms with van der Waals surface area (Å²) in [5.74, 6) is 0.252. The quantitative estimate of drug-likeness (QED) is 0.201. The van der Waals surface area contributed by atoms with Crippen molar-refractivity contribution in [2.24, 2.45) is 0 Å². The van der Waals surface area contributed by atoms with Gasteiger partial charge in [-0.05, 0) is 77.5 Å². The van der Waals surface area contributed by atoms with Gasteiger partial charge in [-0.15, -0.1) is 0 Å². The number of carbonyl (C=O) groups excluding carboxylic acids is 1. The molecule has 0 aliphatic heterocycles. The van der Waals surface area contributed by atoms with Crippen LogP contribution < -0.4 is 9.64 Å². The molecule has 2 aliphatic carbocycles. The van der Waals surface area contributed by atoms with Crippen molar-refractivity contribution in [2.45, 2.75) is 109 Å². The van der Waals surface area contributed by atoms with Gasteiger partial charge in [0.1, 0.15) is 17.2 Å². The summed E-state index contributed by atoms with van der Waals surface area (Å²) in [6.07, 6.45) is 5.79. The Hall–Kier alpha value is -1.80. The van der Waals surface area contributed by atoms with E-state index >= 15 is 0 Å². The van der Waals surface area contributed by atoms with Gasteiger partial charge in [-0.1, -0.05) is 19.6 Å². The molecular weight excluding hydrogens is 463 g/mol. The van der Waals surface area contributed by atoms with Crippen molar-refractivity contribution in [1.82, 2.24) is 4.90 Å². The number of hydrogen-bond donors (Lipinski definition) is 0. The molecule has 2 saturated carbocycles. The first kappa shape index (κ1) is 27.8. The molecule has 1 aromatic rings. The van der Waals surface area contributed by atoms with Crippen LogP contribution in [-0.2, 0) is 9.47 Å². The van der Waals surface area contributed by atoms with Gasteiger partial charge < -0.3 is 24.0 Å². The highest BCUT2D eigenvalue weighted by Crippen LogP contribution is 2.42. The Morgan fingerprint density at radius 1 is 1.03 bits per heavy atom. The third kappa shape index (κ3) is 8.67. The minimum Gasteiger partial charge on any atom is -0.465 e. The molecule has 0 aromatic heterocycles. The zero-order valence-electron chi connectivity index (χ0n) is 22.7. The molecular formula is C27H45FN2O4Si. The van der Waals surface area contributed by atoms with Crippen molar-refractivity contribution < 1.29 is 23.4 Å². The van der Waals surface area contributed by atoms with Crippen molar-refractivity contribution >= 4 is 19.9 Å². The van der Waals surface area contributed by atoms with Crippen molar-refractivity contribution in [3.05, 3.63) is 24.0 Å². The average Bonchev–Trinajstić information content (AvgIpc) is 3.58. The van der Waals surface area contributed by atoms with E-state index in [2.05, 4.69) is 24.5 Å². The van der Waals surface area contributed by atoms with E-state index in [1.165, 1.54) is 12.1 Å². The normalized spacial score (nSPS) is 20.9. The van der Waals surface area contributed by atoms with E-state index in [4.69, 9.17) is 14.2 Å². The van der Waals surface area contributed by atoms with E-state index in [1.54, 1.807) is 4.90 Å². The van der Waals surface area contributed by atoms with E-state index in [9.17, 15) is 9.18 Å². The second kappa shape index (κ2) is 11.5. The van der Waals surface area contributed by atoms with Gasteiger partial charge in [-0.3, -0.25) is 0 Å². The fraction of sp³-hybridized carbons (Fsp3) is 0.741. The summed E-state index contributed by atoms with van der Waals surface area (Å²) in [5.41, 5.74) is 0.453. The Kier molecular flexibility index (Phi) is 9.13. The number of nitrogens with zero attached hydrogens (tertiary/aromatic N) is 2. The number of halogens is 1. The summed E-state index contributed by atoms with van der Waals surface area (Å²) in [6.45, 7) is 13.4. The summed E-state index contributed by atoms with van der Waals surface area (Å²) in [5, 5.41) is 0. The smallest absolute Gasteiger partial charge is 0.410 e. The maximum Gasteiger partial charge on any atom is 0.410 e. The van der Waals surface area contributed by atoms with Gasteiger partial charge in [-0.2, -0.15) is 0 Å². The number of anilines is 1. The van der Waals surface area contributed by atoms with Gasteiger partial charge in [0.25, 0.3) is 0 Å². The Bertz CT molecular complexity index is 843. The monoisotopic (exact) mass is 508 g/mol. The average molecular weight is 509 g/mol. The number of hydrogen-bond acceptors (Lipinski definition) is 5. The fourth-order valence-corrected chi connectivity index (χ4v) is 5.37. The molecule has 198 valence electrons. The first-order valence-electron chi connectivity index (χ1n) is 13.1.